The third kappa shape index (κ3) is 2.93. The summed E-state index contributed by atoms with van der Waals surface area (Å²) in [5.41, 5.74) is 2.11. The minimum atomic E-state index is -1.36. The number of aliphatic hydroxyl groups is 1. The molecule has 4 rings (SSSR count). The van der Waals surface area contributed by atoms with Gasteiger partial charge in [0, 0.05) is 19.0 Å². The van der Waals surface area contributed by atoms with Crippen molar-refractivity contribution in [2.45, 2.75) is 18.6 Å². The molecule has 3 heterocycles. The Bertz CT molecular complexity index is 894. The van der Waals surface area contributed by atoms with E-state index >= 15 is 0 Å². The maximum Gasteiger partial charge on any atom is 0.165 e. The monoisotopic (exact) mass is 345 g/mol. The van der Waals surface area contributed by atoms with Crippen molar-refractivity contribution in [3.63, 3.8) is 0 Å². The van der Waals surface area contributed by atoms with Crippen LogP contribution in [0.15, 0.2) is 36.9 Å². The number of aromatic nitrogens is 4. The van der Waals surface area contributed by atoms with E-state index in [-0.39, 0.29) is 18.3 Å². The predicted molar refractivity (Wildman–Crippen MR) is 88.7 cm³/mol. The molecule has 0 saturated carbocycles. The molecule has 25 heavy (non-hydrogen) atoms. The Morgan fingerprint density at radius 2 is 2.08 bits per heavy atom. The summed E-state index contributed by atoms with van der Waals surface area (Å²) in [6.07, 6.45) is 1.57. The minimum Gasteiger partial charge on any atom is -0.393 e. The van der Waals surface area contributed by atoms with Gasteiger partial charge in [0.2, 0.25) is 0 Å². The van der Waals surface area contributed by atoms with Gasteiger partial charge in [0.05, 0.1) is 19.5 Å². The fourth-order valence-electron chi connectivity index (χ4n) is 3.13. The molecular formula is C17H17F2N5O. The molecule has 0 spiro atoms. The van der Waals surface area contributed by atoms with E-state index in [0.717, 1.165) is 5.56 Å². The van der Waals surface area contributed by atoms with Crippen LogP contribution in [0.5, 0.6) is 0 Å². The molecule has 0 bridgehead atoms. The molecule has 1 saturated heterocycles. The number of rotatable bonds is 5. The van der Waals surface area contributed by atoms with Gasteiger partial charge < -0.3 is 14.6 Å². The Labute approximate surface area is 142 Å². The van der Waals surface area contributed by atoms with Gasteiger partial charge in [-0.15, -0.1) is 0 Å². The second kappa shape index (κ2) is 6.36. The second-order valence-corrected chi connectivity index (χ2v) is 6.20. The first kappa shape index (κ1) is 15.9. The zero-order chi connectivity index (χ0) is 17.4. The lowest BCUT2D eigenvalue weighted by Gasteiger charge is -2.40. The molecule has 0 aliphatic carbocycles. The first-order valence-corrected chi connectivity index (χ1v) is 8.07. The quantitative estimate of drug-likeness (QED) is 0.765. The summed E-state index contributed by atoms with van der Waals surface area (Å²) in [5, 5.41) is 8.88. The van der Waals surface area contributed by atoms with Crippen LogP contribution in [-0.4, -0.2) is 50.5 Å². The number of halogens is 2. The minimum absolute atomic E-state index is 0.00459. The van der Waals surface area contributed by atoms with Crippen LogP contribution in [0, 0.1) is 5.82 Å². The molecule has 1 fully saturated rings. The molecule has 6 nitrogen and oxygen atoms in total. The molecule has 0 amide bonds. The highest BCUT2D eigenvalue weighted by Crippen LogP contribution is 2.33. The molecule has 8 heteroatoms. The van der Waals surface area contributed by atoms with Crippen LogP contribution in [0.4, 0.5) is 14.6 Å². The lowest BCUT2D eigenvalue weighted by atomic mass is 9.91. The van der Waals surface area contributed by atoms with Crippen LogP contribution in [-0.2, 0) is 6.54 Å². The van der Waals surface area contributed by atoms with Gasteiger partial charge in [0.15, 0.2) is 17.0 Å². The fourth-order valence-corrected chi connectivity index (χ4v) is 3.13. The number of fused-ring (bicyclic) bond motifs is 1. The Morgan fingerprint density at radius 3 is 2.84 bits per heavy atom. The summed E-state index contributed by atoms with van der Waals surface area (Å²) in [5.74, 6) is 0.701. The normalized spacial score (nSPS) is 16.2. The topological polar surface area (TPSA) is 67.1 Å². The van der Waals surface area contributed by atoms with Crippen molar-refractivity contribution in [2.24, 2.45) is 0 Å². The Hall–Kier alpha value is -2.61. The smallest absolute Gasteiger partial charge is 0.165 e. The van der Waals surface area contributed by atoms with E-state index in [1.165, 1.54) is 18.7 Å². The van der Waals surface area contributed by atoms with Gasteiger partial charge in [-0.2, -0.15) is 0 Å². The van der Waals surface area contributed by atoms with Crippen molar-refractivity contribution in [2.75, 3.05) is 24.6 Å². The van der Waals surface area contributed by atoms with Gasteiger partial charge >= 0.3 is 0 Å². The molecule has 1 N–H and O–H groups in total. The van der Waals surface area contributed by atoms with Crippen molar-refractivity contribution in [1.29, 1.82) is 0 Å². The van der Waals surface area contributed by atoms with Crippen LogP contribution < -0.4 is 4.90 Å². The van der Waals surface area contributed by atoms with E-state index in [0.29, 0.717) is 30.1 Å². The number of alkyl halides is 1. The molecule has 130 valence electrons. The van der Waals surface area contributed by atoms with Gasteiger partial charge in [0.25, 0.3) is 0 Å². The second-order valence-electron chi connectivity index (χ2n) is 6.20. The van der Waals surface area contributed by atoms with Crippen molar-refractivity contribution in [3.05, 3.63) is 48.3 Å². The standard InChI is InChI=1S/C17H17F2N5O/c18-13-3-1-2-11(4-13)12-5-23(6-12)16-15-17(21-9-20-16)24(10-22-15)7-14(19)8-25/h1-4,9-10,12,14,25H,5-8H2. The van der Waals surface area contributed by atoms with E-state index < -0.39 is 12.8 Å². The summed E-state index contributed by atoms with van der Waals surface area (Å²) >= 11 is 0. The van der Waals surface area contributed by atoms with Gasteiger partial charge in [-0.1, -0.05) is 12.1 Å². The molecule has 1 aliphatic heterocycles. The average molecular weight is 345 g/mol. The maximum atomic E-state index is 13.4. The summed E-state index contributed by atoms with van der Waals surface area (Å²) in [4.78, 5) is 14.9. The van der Waals surface area contributed by atoms with Crippen LogP contribution in [0.25, 0.3) is 11.2 Å². The van der Waals surface area contributed by atoms with Crippen LogP contribution in [0.2, 0.25) is 0 Å². The summed E-state index contributed by atoms with van der Waals surface area (Å²) in [6.45, 7) is 0.879. The number of imidazole rings is 1. The number of nitrogens with zero attached hydrogens (tertiary/aromatic N) is 5. The van der Waals surface area contributed by atoms with Gasteiger partial charge in [-0.3, -0.25) is 0 Å². The van der Waals surface area contributed by atoms with Crippen molar-refractivity contribution in [3.8, 4) is 0 Å². The van der Waals surface area contributed by atoms with Crippen molar-refractivity contribution >= 4 is 17.0 Å². The Morgan fingerprint density at radius 1 is 1.24 bits per heavy atom. The zero-order valence-electron chi connectivity index (χ0n) is 13.4. The highest BCUT2D eigenvalue weighted by atomic mass is 19.1. The first-order chi connectivity index (χ1) is 12.2. The van der Waals surface area contributed by atoms with Gasteiger partial charge in [-0.05, 0) is 17.7 Å². The van der Waals surface area contributed by atoms with Crippen LogP contribution in [0.3, 0.4) is 0 Å². The van der Waals surface area contributed by atoms with Gasteiger partial charge in [-0.25, -0.2) is 23.7 Å². The average Bonchev–Trinajstić information content (AvgIpc) is 2.97. The lowest BCUT2D eigenvalue weighted by molar-refractivity contribution is 0.163. The molecular weight excluding hydrogens is 328 g/mol. The van der Waals surface area contributed by atoms with E-state index in [2.05, 4.69) is 19.9 Å². The summed E-state index contributed by atoms with van der Waals surface area (Å²) < 4.78 is 28.4. The molecule has 2 aromatic heterocycles. The number of aliphatic hydroxyl groups excluding tert-OH is 1. The predicted octanol–water partition coefficient (Wildman–Crippen LogP) is 1.90. The molecule has 1 aromatic carbocycles. The largest absolute Gasteiger partial charge is 0.393 e. The number of hydrogen-bond acceptors (Lipinski definition) is 5. The van der Waals surface area contributed by atoms with Crippen LogP contribution >= 0.6 is 0 Å². The molecule has 1 atom stereocenters. The van der Waals surface area contributed by atoms with E-state index in [1.54, 1.807) is 16.7 Å². The summed E-state index contributed by atoms with van der Waals surface area (Å²) in [7, 11) is 0. The van der Waals surface area contributed by atoms with Crippen molar-refractivity contribution < 1.29 is 13.9 Å². The third-order valence-corrected chi connectivity index (χ3v) is 4.48. The summed E-state index contributed by atoms with van der Waals surface area (Å²) in [6, 6.07) is 6.63. The fraction of sp³-hybridized carbons (Fsp3) is 0.353. The molecule has 1 aliphatic rings. The number of anilines is 1. The third-order valence-electron chi connectivity index (χ3n) is 4.48. The lowest BCUT2D eigenvalue weighted by Crippen LogP contribution is -2.45. The highest BCUT2D eigenvalue weighted by Gasteiger charge is 2.31. The maximum absolute atomic E-state index is 13.4. The Kier molecular flexibility index (Phi) is 4.04. The Balaban J connectivity index is 1.55. The van der Waals surface area contributed by atoms with Gasteiger partial charge in [0.1, 0.15) is 18.3 Å². The molecule has 1 unspecified atom stereocenters. The number of benzene rings is 1. The first-order valence-electron chi connectivity index (χ1n) is 8.07. The highest BCUT2D eigenvalue weighted by molar-refractivity contribution is 5.83. The van der Waals surface area contributed by atoms with Crippen LogP contribution in [0.1, 0.15) is 11.5 Å². The van der Waals surface area contributed by atoms with E-state index in [9.17, 15) is 8.78 Å². The van der Waals surface area contributed by atoms with E-state index in [1.807, 2.05) is 6.07 Å². The molecule has 3 aromatic rings. The van der Waals surface area contributed by atoms with E-state index in [4.69, 9.17) is 5.11 Å². The van der Waals surface area contributed by atoms with Crippen molar-refractivity contribution in [1.82, 2.24) is 19.5 Å². The number of hydrogen-bond donors (Lipinski definition) is 1. The molecule has 0 radical (unpaired) electrons. The SMILES string of the molecule is OCC(F)Cn1cnc2c(N3CC(c4cccc(F)c4)C3)ncnc21. The zero-order valence-corrected chi connectivity index (χ0v) is 13.4.